The van der Waals surface area contributed by atoms with E-state index in [0.29, 0.717) is 6.54 Å². The van der Waals surface area contributed by atoms with Gasteiger partial charge in [0.1, 0.15) is 5.75 Å². The Morgan fingerprint density at radius 3 is 3.00 bits per heavy atom. The van der Waals surface area contributed by atoms with Gasteiger partial charge in [0.15, 0.2) is 0 Å². The summed E-state index contributed by atoms with van der Waals surface area (Å²) < 4.78 is 4.97. The average molecular weight is 142 g/mol. The lowest BCUT2D eigenvalue weighted by molar-refractivity contribution is 0.412. The van der Waals surface area contributed by atoms with Crippen molar-refractivity contribution in [3.05, 3.63) is 16.3 Å². The maximum Gasteiger partial charge on any atom is 0.134 e. The molecule has 0 amide bonds. The molecule has 1 rings (SSSR count). The maximum absolute atomic E-state index is 7.03. The second-order valence-corrected chi connectivity index (χ2v) is 2.59. The molecule has 0 saturated carbocycles. The molecular formula is C6H8NOS. The molecule has 1 radical (unpaired) electrons. The van der Waals surface area contributed by atoms with Crippen LogP contribution in [0.15, 0.2) is 11.4 Å². The summed E-state index contributed by atoms with van der Waals surface area (Å²) in [5, 5.41) is 1.93. The first-order chi connectivity index (χ1) is 4.38. The van der Waals surface area contributed by atoms with Crippen molar-refractivity contribution >= 4 is 11.3 Å². The van der Waals surface area contributed by atoms with Crippen LogP contribution in [0.25, 0.3) is 0 Å². The van der Waals surface area contributed by atoms with Crippen molar-refractivity contribution in [2.45, 2.75) is 6.54 Å². The first-order valence-electron chi connectivity index (χ1n) is 2.63. The number of hydrogen-bond donors (Lipinski definition) is 0. The number of hydrogen-bond acceptors (Lipinski definition) is 2. The van der Waals surface area contributed by atoms with Gasteiger partial charge in [-0.05, 0) is 11.4 Å². The number of ether oxygens (including phenoxy) is 1. The van der Waals surface area contributed by atoms with E-state index in [4.69, 9.17) is 10.5 Å². The Hall–Kier alpha value is -0.540. The molecule has 1 aromatic rings. The molecule has 0 aliphatic heterocycles. The van der Waals surface area contributed by atoms with Crippen LogP contribution in [0.4, 0.5) is 0 Å². The summed E-state index contributed by atoms with van der Waals surface area (Å²) in [4.78, 5) is 0.998. The zero-order valence-corrected chi connectivity index (χ0v) is 5.99. The molecule has 49 valence electrons. The van der Waals surface area contributed by atoms with Gasteiger partial charge in [0.25, 0.3) is 0 Å². The van der Waals surface area contributed by atoms with E-state index in [1.165, 1.54) is 0 Å². The topological polar surface area (TPSA) is 33.0 Å². The van der Waals surface area contributed by atoms with Crippen LogP contribution in [0, 0.1) is 0 Å². The fraction of sp³-hybridized carbons (Fsp3) is 0.333. The molecule has 1 heterocycles. The van der Waals surface area contributed by atoms with Crippen molar-refractivity contribution in [2.75, 3.05) is 7.11 Å². The van der Waals surface area contributed by atoms with E-state index < -0.39 is 0 Å². The van der Waals surface area contributed by atoms with Crippen LogP contribution in [-0.4, -0.2) is 7.11 Å². The highest BCUT2D eigenvalue weighted by atomic mass is 32.1. The van der Waals surface area contributed by atoms with Gasteiger partial charge in [0.2, 0.25) is 0 Å². The molecule has 1 aromatic heterocycles. The fourth-order valence-corrected chi connectivity index (χ4v) is 1.35. The third-order valence-corrected chi connectivity index (χ3v) is 1.99. The van der Waals surface area contributed by atoms with Crippen LogP contribution < -0.4 is 10.5 Å². The number of nitrogens with one attached hydrogen (secondary N) is 1. The van der Waals surface area contributed by atoms with Crippen LogP contribution in [0.1, 0.15) is 4.88 Å². The van der Waals surface area contributed by atoms with Gasteiger partial charge in [-0.15, -0.1) is 11.3 Å². The van der Waals surface area contributed by atoms with E-state index in [1.54, 1.807) is 18.4 Å². The summed E-state index contributed by atoms with van der Waals surface area (Å²) in [5.41, 5.74) is 7.03. The Morgan fingerprint density at radius 1 is 1.78 bits per heavy atom. The number of thiophene rings is 1. The van der Waals surface area contributed by atoms with E-state index in [9.17, 15) is 0 Å². The van der Waals surface area contributed by atoms with Gasteiger partial charge < -0.3 is 4.74 Å². The highest BCUT2D eigenvalue weighted by molar-refractivity contribution is 7.10. The highest BCUT2D eigenvalue weighted by Gasteiger charge is 1.99. The van der Waals surface area contributed by atoms with Gasteiger partial charge in [0.05, 0.1) is 12.0 Å². The van der Waals surface area contributed by atoms with Crippen LogP contribution in [0.2, 0.25) is 0 Å². The SMILES string of the molecule is COc1ccsc1C[NH]. The smallest absolute Gasteiger partial charge is 0.134 e. The minimum absolute atomic E-state index is 0.320. The summed E-state index contributed by atoms with van der Waals surface area (Å²) in [6.45, 7) is 0.320. The Bertz CT molecular complexity index is 166. The van der Waals surface area contributed by atoms with Gasteiger partial charge in [-0.1, -0.05) is 0 Å². The molecular weight excluding hydrogens is 134 g/mol. The summed E-state index contributed by atoms with van der Waals surface area (Å²) in [7, 11) is 1.63. The van der Waals surface area contributed by atoms with Gasteiger partial charge in [0, 0.05) is 6.54 Å². The van der Waals surface area contributed by atoms with Gasteiger partial charge in [-0.2, -0.15) is 0 Å². The molecule has 0 aromatic carbocycles. The normalized spacial score (nSPS) is 9.56. The minimum Gasteiger partial charge on any atom is -0.496 e. The first kappa shape index (κ1) is 6.58. The van der Waals surface area contributed by atoms with Crippen molar-refractivity contribution < 1.29 is 4.74 Å². The molecule has 0 saturated heterocycles. The van der Waals surface area contributed by atoms with E-state index in [0.717, 1.165) is 10.6 Å². The lowest BCUT2D eigenvalue weighted by atomic mass is 10.4. The van der Waals surface area contributed by atoms with Crippen LogP contribution in [0.3, 0.4) is 0 Å². The molecule has 0 fully saturated rings. The van der Waals surface area contributed by atoms with Crippen LogP contribution in [0.5, 0.6) is 5.75 Å². The first-order valence-corrected chi connectivity index (χ1v) is 3.51. The van der Waals surface area contributed by atoms with Crippen molar-refractivity contribution in [1.29, 1.82) is 0 Å². The third kappa shape index (κ3) is 1.23. The molecule has 0 aliphatic rings. The molecule has 0 atom stereocenters. The quantitative estimate of drug-likeness (QED) is 0.616. The van der Waals surface area contributed by atoms with Crippen molar-refractivity contribution in [1.82, 2.24) is 5.73 Å². The monoisotopic (exact) mass is 142 g/mol. The summed E-state index contributed by atoms with van der Waals surface area (Å²) in [5.74, 6) is 0.843. The zero-order chi connectivity index (χ0) is 6.69. The van der Waals surface area contributed by atoms with E-state index in [-0.39, 0.29) is 0 Å². The van der Waals surface area contributed by atoms with Crippen LogP contribution >= 0.6 is 11.3 Å². The minimum atomic E-state index is 0.320. The molecule has 0 unspecified atom stereocenters. The predicted molar refractivity (Wildman–Crippen MR) is 37.7 cm³/mol. The Balaban J connectivity index is 2.85. The number of methoxy groups -OCH3 is 1. The van der Waals surface area contributed by atoms with E-state index in [1.807, 2.05) is 11.4 Å². The highest BCUT2D eigenvalue weighted by Crippen LogP contribution is 2.23. The second kappa shape index (κ2) is 2.85. The van der Waals surface area contributed by atoms with E-state index in [2.05, 4.69) is 0 Å². The summed E-state index contributed by atoms with van der Waals surface area (Å²) in [6.07, 6.45) is 0. The lowest BCUT2D eigenvalue weighted by Crippen LogP contribution is -1.85. The standard InChI is InChI=1S/C6H8NOS/c1-8-5-2-3-9-6(5)4-7/h2-3,7H,4H2,1H3. The maximum atomic E-state index is 7.03. The zero-order valence-electron chi connectivity index (χ0n) is 5.18. The number of rotatable bonds is 2. The molecule has 9 heavy (non-hydrogen) atoms. The molecule has 3 heteroatoms. The molecule has 2 nitrogen and oxygen atoms in total. The van der Waals surface area contributed by atoms with E-state index >= 15 is 0 Å². The summed E-state index contributed by atoms with van der Waals surface area (Å²) >= 11 is 1.56. The predicted octanol–water partition coefficient (Wildman–Crippen LogP) is 1.54. The van der Waals surface area contributed by atoms with Gasteiger partial charge in [-0.3, -0.25) is 5.73 Å². The Morgan fingerprint density at radius 2 is 2.56 bits per heavy atom. The summed E-state index contributed by atoms with van der Waals surface area (Å²) in [6, 6.07) is 1.88. The molecule has 0 bridgehead atoms. The Kier molecular flexibility index (Phi) is 2.08. The van der Waals surface area contributed by atoms with Crippen molar-refractivity contribution in [3.8, 4) is 5.75 Å². The lowest BCUT2D eigenvalue weighted by Gasteiger charge is -1.95. The molecule has 0 spiro atoms. The largest absolute Gasteiger partial charge is 0.496 e. The van der Waals surface area contributed by atoms with Crippen molar-refractivity contribution in [2.24, 2.45) is 0 Å². The second-order valence-electron chi connectivity index (χ2n) is 1.59. The van der Waals surface area contributed by atoms with Crippen LogP contribution in [-0.2, 0) is 6.54 Å². The third-order valence-electron chi connectivity index (χ3n) is 1.09. The molecule has 1 N–H and O–H groups in total. The van der Waals surface area contributed by atoms with Gasteiger partial charge >= 0.3 is 0 Å². The average Bonchev–Trinajstić information content (AvgIpc) is 2.33. The Labute approximate surface area is 58.3 Å². The fourth-order valence-electron chi connectivity index (χ4n) is 0.640. The van der Waals surface area contributed by atoms with Crippen molar-refractivity contribution in [3.63, 3.8) is 0 Å². The van der Waals surface area contributed by atoms with Gasteiger partial charge in [-0.25, -0.2) is 0 Å². The molecule has 0 aliphatic carbocycles.